The summed E-state index contributed by atoms with van der Waals surface area (Å²) in [6.45, 7) is 0. The predicted octanol–water partition coefficient (Wildman–Crippen LogP) is 3.57. The molecule has 2 aromatic heterocycles. The van der Waals surface area contributed by atoms with Gasteiger partial charge in [0, 0.05) is 5.56 Å². The van der Waals surface area contributed by atoms with E-state index >= 15 is 0 Å². The number of pyridine rings is 1. The topological polar surface area (TPSA) is 163 Å². The first kappa shape index (κ1) is 18.8. The molecule has 138 valence electrons. The van der Waals surface area contributed by atoms with Crippen LogP contribution in [-0.4, -0.2) is 15.0 Å². The van der Waals surface area contributed by atoms with Gasteiger partial charge < -0.3 is 15.3 Å². The Hall–Kier alpha value is -4.02. The largest absolute Gasteiger partial charge is 0.508 e. The third kappa shape index (κ3) is 3.58. The van der Waals surface area contributed by atoms with Gasteiger partial charge in [-0.3, -0.25) is 10.1 Å². The molecule has 0 aliphatic heterocycles. The molecule has 3 N–H and O–H groups in total. The minimum absolute atomic E-state index is 0.0387. The zero-order chi connectivity index (χ0) is 20.3. The number of nitriles is 2. The van der Waals surface area contributed by atoms with Gasteiger partial charge in [0.25, 0.3) is 0 Å². The van der Waals surface area contributed by atoms with Crippen molar-refractivity contribution >= 4 is 23.5 Å². The highest BCUT2D eigenvalue weighted by atomic mass is 32.2. The molecule has 0 fully saturated rings. The van der Waals surface area contributed by atoms with E-state index in [9.17, 15) is 25.7 Å². The molecule has 9 nitrogen and oxygen atoms in total. The van der Waals surface area contributed by atoms with Crippen LogP contribution in [0.5, 0.6) is 5.75 Å². The molecule has 0 bridgehead atoms. The van der Waals surface area contributed by atoms with Crippen molar-refractivity contribution in [2.24, 2.45) is 0 Å². The van der Waals surface area contributed by atoms with Crippen molar-refractivity contribution < 1.29 is 14.4 Å². The molecule has 0 saturated carbocycles. The lowest BCUT2D eigenvalue weighted by Crippen LogP contribution is -2.03. The van der Waals surface area contributed by atoms with E-state index in [0.29, 0.717) is 16.9 Å². The minimum atomic E-state index is -0.643. The number of thioether (sulfide) groups is 1. The number of nitrogens with two attached hydrogens (primary N) is 1. The summed E-state index contributed by atoms with van der Waals surface area (Å²) in [6.07, 6.45) is 0. The van der Waals surface area contributed by atoms with Gasteiger partial charge >= 0.3 is 5.88 Å². The molecule has 28 heavy (non-hydrogen) atoms. The van der Waals surface area contributed by atoms with Crippen LogP contribution in [0.3, 0.4) is 0 Å². The van der Waals surface area contributed by atoms with Gasteiger partial charge in [-0.2, -0.15) is 10.5 Å². The number of phenolic OH excluding ortho intramolecular Hbond substituents is 1. The lowest BCUT2D eigenvalue weighted by Gasteiger charge is -2.12. The van der Waals surface area contributed by atoms with E-state index in [0.717, 1.165) is 11.8 Å². The van der Waals surface area contributed by atoms with Crippen LogP contribution in [0.4, 0.5) is 11.7 Å². The molecule has 0 atom stereocenters. The number of rotatable bonds is 5. The van der Waals surface area contributed by atoms with E-state index in [1.165, 1.54) is 24.3 Å². The van der Waals surface area contributed by atoms with Crippen molar-refractivity contribution in [3.63, 3.8) is 0 Å². The zero-order valence-corrected chi connectivity index (χ0v) is 14.9. The van der Waals surface area contributed by atoms with Crippen LogP contribution in [0, 0.1) is 32.8 Å². The number of nitro groups is 1. The zero-order valence-electron chi connectivity index (χ0n) is 14.1. The lowest BCUT2D eigenvalue weighted by molar-refractivity contribution is -0.402. The van der Waals surface area contributed by atoms with Crippen molar-refractivity contribution in [2.75, 3.05) is 5.73 Å². The Morgan fingerprint density at radius 2 is 1.86 bits per heavy atom. The summed E-state index contributed by atoms with van der Waals surface area (Å²) < 4.78 is 5.10. The van der Waals surface area contributed by atoms with Gasteiger partial charge in [-0.1, -0.05) is 23.9 Å². The Bertz CT molecular complexity index is 1140. The third-order valence-corrected chi connectivity index (χ3v) is 4.75. The van der Waals surface area contributed by atoms with E-state index in [2.05, 4.69) is 4.98 Å². The Morgan fingerprint density at radius 1 is 1.18 bits per heavy atom. The lowest BCUT2D eigenvalue weighted by atomic mass is 9.97. The quantitative estimate of drug-likeness (QED) is 0.374. The van der Waals surface area contributed by atoms with Crippen molar-refractivity contribution in [2.45, 2.75) is 10.8 Å². The normalized spacial score (nSPS) is 10.2. The number of nitrogen functional groups attached to an aromatic ring is 1. The van der Waals surface area contributed by atoms with E-state index in [1.54, 1.807) is 12.1 Å². The number of hydrogen-bond donors (Lipinski definition) is 2. The Kier molecular flexibility index (Phi) is 5.16. The molecule has 0 amide bonds. The number of aromatic nitrogens is 1. The molecule has 10 heteroatoms. The van der Waals surface area contributed by atoms with Crippen LogP contribution in [0.2, 0.25) is 0 Å². The molecule has 0 spiro atoms. The van der Waals surface area contributed by atoms with Gasteiger partial charge in [-0.25, -0.2) is 4.98 Å². The van der Waals surface area contributed by atoms with Crippen molar-refractivity contribution in [1.82, 2.24) is 4.98 Å². The summed E-state index contributed by atoms with van der Waals surface area (Å²) in [6, 6.07) is 12.7. The Balaban J connectivity index is 2.04. The van der Waals surface area contributed by atoms with Crippen LogP contribution in [0.25, 0.3) is 11.1 Å². The number of phenols is 1. The average molecular weight is 393 g/mol. The maximum absolute atomic E-state index is 10.7. The summed E-state index contributed by atoms with van der Waals surface area (Å²) in [5.74, 6) is 0.120. The van der Waals surface area contributed by atoms with E-state index in [1.807, 2.05) is 12.1 Å². The van der Waals surface area contributed by atoms with Crippen LogP contribution < -0.4 is 5.73 Å². The van der Waals surface area contributed by atoms with E-state index in [4.69, 9.17) is 10.2 Å². The van der Waals surface area contributed by atoms with Crippen molar-refractivity contribution in [3.8, 4) is 29.0 Å². The second kappa shape index (κ2) is 7.70. The molecular formula is C18H11N5O4S. The number of benzene rings is 1. The van der Waals surface area contributed by atoms with Crippen LogP contribution in [0.1, 0.15) is 16.9 Å². The molecule has 0 radical (unpaired) electrons. The number of nitrogens with zero attached hydrogens (tertiary/aromatic N) is 4. The first-order valence-electron chi connectivity index (χ1n) is 7.73. The fourth-order valence-electron chi connectivity index (χ4n) is 2.50. The maximum atomic E-state index is 10.7. The summed E-state index contributed by atoms with van der Waals surface area (Å²) in [4.78, 5) is 14.2. The van der Waals surface area contributed by atoms with Gasteiger partial charge in [-0.15, -0.1) is 0 Å². The summed E-state index contributed by atoms with van der Waals surface area (Å²) in [7, 11) is 0. The van der Waals surface area contributed by atoms with Crippen LogP contribution >= 0.6 is 11.8 Å². The summed E-state index contributed by atoms with van der Waals surface area (Å²) >= 11 is 1.11. The maximum Gasteiger partial charge on any atom is 0.433 e. The number of hydrogen-bond acceptors (Lipinski definition) is 9. The second-order valence-electron chi connectivity index (χ2n) is 5.48. The first-order chi connectivity index (χ1) is 13.4. The highest BCUT2D eigenvalue weighted by Gasteiger charge is 2.21. The van der Waals surface area contributed by atoms with Crippen molar-refractivity contribution in [1.29, 1.82) is 10.5 Å². The van der Waals surface area contributed by atoms with Gasteiger partial charge in [0.05, 0.1) is 17.4 Å². The highest BCUT2D eigenvalue weighted by Crippen LogP contribution is 2.37. The summed E-state index contributed by atoms with van der Waals surface area (Å²) in [5.41, 5.74) is 6.95. The minimum Gasteiger partial charge on any atom is -0.508 e. The average Bonchev–Trinajstić information content (AvgIpc) is 3.16. The SMILES string of the molecule is N#Cc1c(N)nc(SCc2ccc([N+](=O)[O-])o2)c(C#N)c1-c1ccc(O)cc1. The number of anilines is 1. The molecule has 3 rings (SSSR count). The van der Waals surface area contributed by atoms with Gasteiger partial charge in [0.1, 0.15) is 45.0 Å². The molecule has 1 aromatic carbocycles. The molecule has 0 unspecified atom stereocenters. The first-order valence-corrected chi connectivity index (χ1v) is 8.72. The fourth-order valence-corrected chi connectivity index (χ4v) is 3.39. The molecule has 2 heterocycles. The van der Waals surface area contributed by atoms with Gasteiger partial charge in [0.2, 0.25) is 0 Å². The highest BCUT2D eigenvalue weighted by molar-refractivity contribution is 7.98. The monoisotopic (exact) mass is 393 g/mol. The van der Waals surface area contributed by atoms with E-state index < -0.39 is 4.92 Å². The molecular weight excluding hydrogens is 382 g/mol. The predicted molar refractivity (Wildman–Crippen MR) is 100 cm³/mol. The fraction of sp³-hybridized carbons (Fsp3) is 0.0556. The van der Waals surface area contributed by atoms with Gasteiger partial charge in [0.15, 0.2) is 0 Å². The third-order valence-electron chi connectivity index (χ3n) is 3.75. The molecule has 0 aliphatic carbocycles. The smallest absolute Gasteiger partial charge is 0.433 e. The molecule has 3 aromatic rings. The van der Waals surface area contributed by atoms with Crippen LogP contribution in [-0.2, 0) is 5.75 Å². The second-order valence-corrected chi connectivity index (χ2v) is 6.45. The summed E-state index contributed by atoms with van der Waals surface area (Å²) in [5, 5.41) is 39.6. The van der Waals surface area contributed by atoms with Gasteiger partial charge in [-0.05, 0) is 23.8 Å². The molecule has 0 saturated heterocycles. The van der Waals surface area contributed by atoms with E-state index in [-0.39, 0.29) is 39.4 Å². The Morgan fingerprint density at radius 3 is 2.43 bits per heavy atom. The van der Waals surface area contributed by atoms with Crippen molar-refractivity contribution in [3.05, 3.63) is 63.4 Å². The standard InChI is InChI=1S/C18H11N5O4S/c19-7-13-16(10-1-3-11(24)4-2-10)14(8-20)18(22-17(13)21)28-9-12-5-6-15(27-12)23(25)26/h1-6,24H,9H2,(H2,21,22). The van der Waals surface area contributed by atoms with Crippen LogP contribution in [0.15, 0.2) is 45.8 Å². The number of aromatic hydroxyl groups is 1. The molecule has 0 aliphatic rings. The Labute approximate surface area is 162 Å². The number of furan rings is 1.